The molecule has 0 radical (unpaired) electrons. The van der Waals surface area contributed by atoms with Crippen LogP contribution >= 0.6 is 0 Å². The highest BCUT2D eigenvalue weighted by molar-refractivity contribution is 5.31. The van der Waals surface area contributed by atoms with Gasteiger partial charge in [0.25, 0.3) is 0 Å². The van der Waals surface area contributed by atoms with Crippen LogP contribution in [0, 0.1) is 0 Å². The van der Waals surface area contributed by atoms with Crippen LogP contribution in [0.4, 0.5) is 0 Å². The Morgan fingerprint density at radius 1 is 1.17 bits per heavy atom. The minimum absolute atomic E-state index is 0.336. The van der Waals surface area contributed by atoms with E-state index >= 15 is 0 Å². The first-order valence-corrected chi connectivity index (χ1v) is 6.45. The molecule has 100 valence electrons. The maximum absolute atomic E-state index is 9.88. The lowest BCUT2D eigenvalue weighted by molar-refractivity contribution is 0.0758. The van der Waals surface area contributed by atoms with Crippen LogP contribution in [0.25, 0.3) is 0 Å². The molecule has 0 spiro atoms. The van der Waals surface area contributed by atoms with Gasteiger partial charge in [0.15, 0.2) is 0 Å². The molecule has 0 unspecified atom stereocenters. The molecule has 1 aromatic carbocycles. The summed E-state index contributed by atoms with van der Waals surface area (Å²) in [5.41, 5.74) is 0. The predicted octanol–water partition coefficient (Wildman–Crippen LogP) is 1.53. The number of ether oxygens (including phenoxy) is 2. The van der Waals surface area contributed by atoms with Crippen LogP contribution < -0.4 is 9.47 Å². The third-order valence-corrected chi connectivity index (χ3v) is 3.17. The van der Waals surface area contributed by atoms with E-state index < -0.39 is 6.10 Å². The van der Waals surface area contributed by atoms with E-state index in [0.717, 1.165) is 24.6 Å². The van der Waals surface area contributed by atoms with Crippen LogP contribution in [0.5, 0.6) is 11.5 Å². The van der Waals surface area contributed by atoms with E-state index in [4.69, 9.17) is 9.47 Å². The number of hydrogen-bond donors (Lipinski definition) is 1. The highest BCUT2D eigenvalue weighted by Gasteiger charge is 2.15. The molecule has 18 heavy (non-hydrogen) atoms. The van der Waals surface area contributed by atoms with Crippen molar-refractivity contribution in [3.63, 3.8) is 0 Å². The van der Waals surface area contributed by atoms with Gasteiger partial charge in [-0.2, -0.15) is 0 Å². The van der Waals surface area contributed by atoms with Crippen molar-refractivity contribution < 1.29 is 14.6 Å². The van der Waals surface area contributed by atoms with E-state index in [-0.39, 0.29) is 0 Å². The monoisotopic (exact) mass is 251 g/mol. The zero-order chi connectivity index (χ0) is 12.8. The van der Waals surface area contributed by atoms with Crippen molar-refractivity contribution in [2.75, 3.05) is 33.4 Å². The second-order valence-electron chi connectivity index (χ2n) is 4.65. The standard InChI is InChI=1S/C14H21NO3/c1-17-13-4-6-14(7-5-13)18-11-12(16)10-15-8-2-3-9-15/h4-7,12,16H,2-3,8-11H2,1H3/t12-/m0/s1. The number of aliphatic hydroxyl groups excluding tert-OH is 1. The molecule has 0 aromatic heterocycles. The molecule has 4 nitrogen and oxygen atoms in total. The average molecular weight is 251 g/mol. The molecule has 1 fully saturated rings. The van der Waals surface area contributed by atoms with Crippen LogP contribution in [-0.2, 0) is 0 Å². The Morgan fingerprint density at radius 3 is 2.39 bits per heavy atom. The predicted molar refractivity (Wildman–Crippen MR) is 70.2 cm³/mol. The molecule has 1 aliphatic rings. The normalized spacial score (nSPS) is 17.7. The van der Waals surface area contributed by atoms with Crippen LogP contribution in [0.1, 0.15) is 12.8 Å². The Kier molecular flexibility index (Phi) is 4.84. The van der Waals surface area contributed by atoms with Gasteiger partial charge in [-0.15, -0.1) is 0 Å². The molecule has 2 rings (SSSR count). The summed E-state index contributed by atoms with van der Waals surface area (Å²) in [4.78, 5) is 2.28. The molecular formula is C14H21NO3. The van der Waals surface area contributed by atoms with Gasteiger partial charge in [-0.3, -0.25) is 0 Å². The van der Waals surface area contributed by atoms with Crippen molar-refractivity contribution in [1.29, 1.82) is 0 Å². The number of nitrogens with zero attached hydrogens (tertiary/aromatic N) is 1. The quantitative estimate of drug-likeness (QED) is 0.832. The van der Waals surface area contributed by atoms with Crippen molar-refractivity contribution in [3.8, 4) is 11.5 Å². The topological polar surface area (TPSA) is 41.9 Å². The Labute approximate surface area is 108 Å². The number of aliphatic hydroxyl groups is 1. The van der Waals surface area contributed by atoms with Crippen LogP contribution in [0.3, 0.4) is 0 Å². The first-order chi connectivity index (χ1) is 8.78. The molecule has 1 N–H and O–H groups in total. The molecule has 1 aliphatic heterocycles. The summed E-state index contributed by atoms with van der Waals surface area (Å²) in [5.74, 6) is 1.57. The van der Waals surface area contributed by atoms with Crippen LogP contribution in [0.15, 0.2) is 24.3 Å². The Hall–Kier alpha value is -1.26. The summed E-state index contributed by atoms with van der Waals surface area (Å²) >= 11 is 0. The fraction of sp³-hybridized carbons (Fsp3) is 0.571. The number of β-amino-alcohol motifs (C(OH)–C–C–N with tert-alkyl or cyclic N) is 1. The SMILES string of the molecule is COc1ccc(OC[C@@H](O)CN2CCCC2)cc1. The summed E-state index contributed by atoms with van der Waals surface area (Å²) < 4.78 is 10.6. The second-order valence-corrected chi connectivity index (χ2v) is 4.65. The summed E-state index contributed by atoms with van der Waals surface area (Å²) in [6, 6.07) is 7.40. The van der Waals surface area contributed by atoms with Gasteiger partial charge in [-0.25, -0.2) is 0 Å². The van der Waals surface area contributed by atoms with E-state index in [1.165, 1.54) is 12.8 Å². The summed E-state index contributed by atoms with van der Waals surface area (Å²) in [5, 5.41) is 9.88. The smallest absolute Gasteiger partial charge is 0.119 e. The van der Waals surface area contributed by atoms with E-state index in [1.54, 1.807) is 7.11 Å². The molecule has 0 amide bonds. The third kappa shape index (κ3) is 3.89. The van der Waals surface area contributed by atoms with Crippen molar-refractivity contribution in [2.45, 2.75) is 18.9 Å². The number of rotatable bonds is 6. The first-order valence-electron chi connectivity index (χ1n) is 6.45. The molecule has 1 atom stereocenters. The average Bonchev–Trinajstić information content (AvgIpc) is 2.90. The summed E-state index contributed by atoms with van der Waals surface area (Å²) in [6.07, 6.45) is 2.06. The van der Waals surface area contributed by atoms with Crippen molar-refractivity contribution in [3.05, 3.63) is 24.3 Å². The maximum Gasteiger partial charge on any atom is 0.119 e. The molecular weight excluding hydrogens is 230 g/mol. The molecule has 1 heterocycles. The Balaban J connectivity index is 1.72. The van der Waals surface area contributed by atoms with Gasteiger partial charge in [0, 0.05) is 6.54 Å². The molecule has 1 aromatic rings. The first kappa shape index (κ1) is 13.2. The zero-order valence-electron chi connectivity index (χ0n) is 10.8. The Morgan fingerprint density at radius 2 is 1.78 bits per heavy atom. The second kappa shape index (κ2) is 6.61. The van der Waals surface area contributed by atoms with Crippen molar-refractivity contribution in [2.24, 2.45) is 0 Å². The van der Waals surface area contributed by atoms with E-state index in [2.05, 4.69) is 4.90 Å². The molecule has 0 aliphatic carbocycles. The lowest BCUT2D eigenvalue weighted by Gasteiger charge is -2.19. The fourth-order valence-electron chi connectivity index (χ4n) is 2.18. The van der Waals surface area contributed by atoms with Crippen molar-refractivity contribution >= 4 is 0 Å². The van der Waals surface area contributed by atoms with Gasteiger partial charge in [0.1, 0.15) is 24.2 Å². The number of likely N-dealkylation sites (tertiary alicyclic amines) is 1. The highest BCUT2D eigenvalue weighted by atomic mass is 16.5. The molecule has 4 heteroatoms. The molecule has 0 saturated carbocycles. The van der Waals surface area contributed by atoms with Gasteiger partial charge in [-0.1, -0.05) is 0 Å². The number of benzene rings is 1. The molecule has 0 bridgehead atoms. The van der Waals surface area contributed by atoms with Crippen LogP contribution in [-0.4, -0.2) is 49.5 Å². The number of hydrogen-bond acceptors (Lipinski definition) is 4. The van der Waals surface area contributed by atoms with E-state index in [9.17, 15) is 5.11 Å². The number of methoxy groups -OCH3 is 1. The minimum atomic E-state index is -0.426. The van der Waals surface area contributed by atoms with Gasteiger partial charge in [0.05, 0.1) is 7.11 Å². The minimum Gasteiger partial charge on any atom is -0.497 e. The van der Waals surface area contributed by atoms with E-state index in [1.807, 2.05) is 24.3 Å². The maximum atomic E-state index is 9.88. The summed E-state index contributed by atoms with van der Waals surface area (Å²) in [7, 11) is 1.63. The van der Waals surface area contributed by atoms with E-state index in [0.29, 0.717) is 13.2 Å². The molecule has 1 saturated heterocycles. The van der Waals surface area contributed by atoms with Crippen molar-refractivity contribution in [1.82, 2.24) is 4.90 Å². The largest absolute Gasteiger partial charge is 0.497 e. The van der Waals surface area contributed by atoms with Gasteiger partial charge < -0.3 is 19.5 Å². The summed E-state index contributed by atoms with van der Waals surface area (Å²) in [6.45, 7) is 3.23. The third-order valence-electron chi connectivity index (χ3n) is 3.17. The Bertz CT molecular complexity index is 347. The van der Waals surface area contributed by atoms with Gasteiger partial charge in [0.2, 0.25) is 0 Å². The zero-order valence-corrected chi connectivity index (χ0v) is 10.8. The van der Waals surface area contributed by atoms with Gasteiger partial charge in [-0.05, 0) is 50.2 Å². The van der Waals surface area contributed by atoms with Gasteiger partial charge >= 0.3 is 0 Å². The lowest BCUT2D eigenvalue weighted by atomic mass is 10.3. The van der Waals surface area contributed by atoms with Crippen LogP contribution in [0.2, 0.25) is 0 Å². The lowest BCUT2D eigenvalue weighted by Crippen LogP contribution is -2.33. The fourth-order valence-corrected chi connectivity index (χ4v) is 2.18. The highest BCUT2D eigenvalue weighted by Crippen LogP contribution is 2.17.